The average molecular weight is 456 g/mol. The number of hydrogen-bond acceptors (Lipinski definition) is 8. The van der Waals surface area contributed by atoms with E-state index < -0.39 is 0 Å². The van der Waals surface area contributed by atoms with Crippen molar-refractivity contribution in [1.82, 2.24) is 20.0 Å². The van der Waals surface area contributed by atoms with Gasteiger partial charge in [-0.1, -0.05) is 19.9 Å². The molecule has 0 radical (unpaired) electrons. The molecule has 8 nitrogen and oxygen atoms in total. The number of Topliss-reactive ketones (excluding diaryl/α,β-unsaturated/α-hetero) is 1. The van der Waals surface area contributed by atoms with Crippen LogP contribution in [0.25, 0.3) is 10.6 Å². The summed E-state index contributed by atoms with van der Waals surface area (Å²) in [6.45, 7) is 9.16. The van der Waals surface area contributed by atoms with Crippen LogP contribution in [0.5, 0.6) is 0 Å². The van der Waals surface area contributed by atoms with Crippen molar-refractivity contribution in [3.05, 3.63) is 52.8 Å². The van der Waals surface area contributed by atoms with E-state index in [4.69, 9.17) is 4.84 Å². The summed E-state index contributed by atoms with van der Waals surface area (Å²) in [4.78, 5) is 41.5. The van der Waals surface area contributed by atoms with Gasteiger partial charge in [0.25, 0.3) is 5.91 Å². The highest BCUT2D eigenvalue weighted by Gasteiger charge is 2.24. The third kappa shape index (κ3) is 6.93. The highest BCUT2D eigenvalue weighted by Crippen LogP contribution is 2.34. The molecule has 0 aromatic carbocycles. The lowest BCUT2D eigenvalue weighted by Crippen LogP contribution is -2.26. The molecule has 3 aromatic rings. The van der Waals surface area contributed by atoms with E-state index >= 15 is 0 Å². The Labute approximate surface area is 192 Å². The number of hydroxylamine groups is 2. The predicted molar refractivity (Wildman–Crippen MR) is 127 cm³/mol. The maximum absolute atomic E-state index is 12.7. The van der Waals surface area contributed by atoms with E-state index in [9.17, 15) is 9.59 Å². The van der Waals surface area contributed by atoms with Crippen LogP contribution in [0.15, 0.2) is 36.5 Å². The summed E-state index contributed by atoms with van der Waals surface area (Å²) in [6, 6.07) is 9.50. The molecule has 1 N–H and O–H groups in total. The second kappa shape index (κ2) is 11.4. The molecule has 0 aliphatic heterocycles. The van der Waals surface area contributed by atoms with Crippen molar-refractivity contribution < 1.29 is 14.4 Å². The molecular formula is C23H29N5O3S. The number of carbonyl (C=O) groups is 2. The second-order valence-corrected chi connectivity index (χ2v) is 8.56. The Morgan fingerprint density at radius 2 is 1.81 bits per heavy atom. The van der Waals surface area contributed by atoms with Crippen LogP contribution in [0.4, 0.5) is 11.6 Å². The molecule has 0 atom stereocenters. The summed E-state index contributed by atoms with van der Waals surface area (Å²) in [5, 5.41) is 5.26. The van der Waals surface area contributed by atoms with Crippen molar-refractivity contribution in [3.8, 4) is 10.6 Å². The van der Waals surface area contributed by atoms with Crippen LogP contribution >= 0.6 is 11.3 Å². The van der Waals surface area contributed by atoms with E-state index in [1.165, 1.54) is 37.4 Å². The monoisotopic (exact) mass is 455 g/mol. The van der Waals surface area contributed by atoms with E-state index in [-0.39, 0.29) is 17.6 Å². The molecule has 0 unspecified atom stereocenters. The number of rotatable bonds is 6. The third-order valence-corrected chi connectivity index (χ3v) is 5.43. The molecular weight excluding hydrogens is 426 g/mol. The number of thiazole rings is 1. The molecule has 9 heteroatoms. The van der Waals surface area contributed by atoms with Gasteiger partial charge in [-0.15, -0.1) is 11.3 Å². The molecule has 0 saturated carbocycles. The van der Waals surface area contributed by atoms with Gasteiger partial charge in [0.2, 0.25) is 0 Å². The van der Waals surface area contributed by atoms with E-state index in [1.807, 2.05) is 51.1 Å². The maximum atomic E-state index is 12.7. The Hall–Kier alpha value is -3.17. The number of ketones is 1. The number of nitrogens with zero attached hydrogens (tertiary/aromatic N) is 4. The lowest BCUT2D eigenvalue weighted by molar-refractivity contribution is -0.115. The number of carbonyl (C=O) groups excluding carboxylic acids is 2. The highest BCUT2D eigenvalue weighted by molar-refractivity contribution is 7.15. The normalized spacial score (nSPS) is 10.4. The van der Waals surface area contributed by atoms with Crippen LogP contribution in [-0.2, 0) is 9.63 Å². The number of hydrogen-bond donors (Lipinski definition) is 1. The third-order valence-electron chi connectivity index (χ3n) is 4.05. The van der Waals surface area contributed by atoms with Gasteiger partial charge in [0.15, 0.2) is 5.69 Å². The number of nitrogens with one attached hydrogen (secondary N) is 1. The van der Waals surface area contributed by atoms with E-state index in [0.29, 0.717) is 23.0 Å². The summed E-state index contributed by atoms with van der Waals surface area (Å²) in [5.74, 6) is 1.43. The fourth-order valence-corrected chi connectivity index (χ4v) is 3.53. The topological polar surface area (TPSA) is 97.3 Å². The van der Waals surface area contributed by atoms with Crippen molar-refractivity contribution in [2.24, 2.45) is 0 Å². The van der Waals surface area contributed by atoms with Crippen molar-refractivity contribution >= 4 is 34.7 Å². The first-order chi connectivity index (χ1) is 15.1. The minimum Gasteiger partial charge on any atom is -0.325 e. The largest absolute Gasteiger partial charge is 0.325 e. The summed E-state index contributed by atoms with van der Waals surface area (Å²) >= 11 is 1.47. The molecule has 0 spiro atoms. The molecule has 0 bridgehead atoms. The lowest BCUT2D eigenvalue weighted by atomic mass is 10.2. The number of amides is 1. The predicted octanol–water partition coefficient (Wildman–Crippen LogP) is 5.00. The summed E-state index contributed by atoms with van der Waals surface area (Å²) in [5.41, 5.74) is 2.12. The molecule has 3 rings (SSSR count). The molecule has 3 aromatic heterocycles. The Bertz CT molecular complexity index is 1080. The molecule has 0 saturated heterocycles. The molecule has 0 aliphatic rings. The summed E-state index contributed by atoms with van der Waals surface area (Å²) in [6.07, 6.45) is 1.75. The van der Waals surface area contributed by atoms with Crippen LogP contribution in [0.2, 0.25) is 0 Å². The standard InChI is InChI=1S/C20H23N5O2S.C3H6O/c1-12(2)19-24-17(20(26)25(4)27-5)18(28-19)14-7-6-8-15(22-14)23-16-11-13(3)9-10-21-16;1-3(2)4/h6-12H,1-5H3,(H,21,22,23);1-2H3. The minimum atomic E-state index is -0.304. The van der Waals surface area contributed by atoms with Crippen molar-refractivity contribution in [1.29, 1.82) is 0 Å². The van der Waals surface area contributed by atoms with Crippen LogP contribution < -0.4 is 5.32 Å². The first-order valence-corrected chi connectivity index (χ1v) is 10.9. The Kier molecular flexibility index (Phi) is 8.98. The van der Waals surface area contributed by atoms with Gasteiger partial charge in [-0.25, -0.2) is 20.0 Å². The number of anilines is 2. The molecule has 32 heavy (non-hydrogen) atoms. The van der Waals surface area contributed by atoms with Gasteiger partial charge in [-0.05, 0) is 50.6 Å². The van der Waals surface area contributed by atoms with Gasteiger partial charge in [-0.2, -0.15) is 0 Å². The van der Waals surface area contributed by atoms with Crippen LogP contribution in [0, 0.1) is 6.92 Å². The molecule has 3 heterocycles. The Morgan fingerprint density at radius 3 is 2.41 bits per heavy atom. The second-order valence-electron chi connectivity index (χ2n) is 7.53. The fraction of sp³-hybridized carbons (Fsp3) is 0.348. The zero-order chi connectivity index (χ0) is 23.8. The van der Waals surface area contributed by atoms with Gasteiger partial charge in [0.05, 0.1) is 22.7 Å². The summed E-state index contributed by atoms with van der Waals surface area (Å²) in [7, 11) is 3.01. The van der Waals surface area contributed by atoms with Gasteiger partial charge >= 0.3 is 0 Å². The zero-order valence-electron chi connectivity index (χ0n) is 19.5. The van der Waals surface area contributed by atoms with E-state index in [1.54, 1.807) is 13.2 Å². The molecule has 0 aliphatic carbocycles. The minimum absolute atomic E-state index is 0.167. The van der Waals surface area contributed by atoms with Gasteiger partial charge in [-0.3, -0.25) is 9.63 Å². The first kappa shape index (κ1) is 25.1. The average Bonchev–Trinajstić information content (AvgIpc) is 3.18. The van der Waals surface area contributed by atoms with Crippen molar-refractivity contribution in [2.75, 3.05) is 19.5 Å². The number of aromatic nitrogens is 3. The van der Waals surface area contributed by atoms with Gasteiger partial charge < -0.3 is 10.1 Å². The quantitative estimate of drug-likeness (QED) is 0.522. The molecule has 0 fully saturated rings. The van der Waals surface area contributed by atoms with Gasteiger partial charge in [0, 0.05) is 19.2 Å². The van der Waals surface area contributed by atoms with Crippen molar-refractivity contribution in [3.63, 3.8) is 0 Å². The highest BCUT2D eigenvalue weighted by atomic mass is 32.1. The van der Waals surface area contributed by atoms with Crippen LogP contribution in [0.3, 0.4) is 0 Å². The first-order valence-electron chi connectivity index (χ1n) is 10.1. The summed E-state index contributed by atoms with van der Waals surface area (Å²) < 4.78 is 0. The van der Waals surface area contributed by atoms with Crippen molar-refractivity contribution in [2.45, 2.75) is 40.5 Å². The van der Waals surface area contributed by atoms with E-state index in [2.05, 4.69) is 20.3 Å². The Morgan fingerprint density at radius 1 is 1.12 bits per heavy atom. The SMILES string of the molecule is CC(C)=O.CON(C)C(=O)c1nc(C(C)C)sc1-c1cccc(Nc2cc(C)ccn2)n1. The molecule has 170 valence electrons. The van der Waals surface area contributed by atoms with Gasteiger partial charge in [0.1, 0.15) is 17.4 Å². The Balaban J connectivity index is 0.000000837. The zero-order valence-corrected chi connectivity index (χ0v) is 20.3. The molecule has 1 amide bonds. The fourth-order valence-electron chi connectivity index (χ4n) is 2.50. The lowest BCUT2D eigenvalue weighted by Gasteiger charge is -2.13. The maximum Gasteiger partial charge on any atom is 0.297 e. The van der Waals surface area contributed by atoms with Crippen LogP contribution in [0.1, 0.15) is 54.7 Å². The smallest absolute Gasteiger partial charge is 0.297 e. The van der Waals surface area contributed by atoms with E-state index in [0.717, 1.165) is 15.4 Å². The van der Waals surface area contributed by atoms with Crippen LogP contribution in [-0.4, -0.2) is 45.9 Å². The number of aryl methyl sites for hydroxylation is 1. The number of pyridine rings is 2.